The maximum Gasteiger partial charge on any atom is 0.227 e. The molecule has 1 aliphatic carbocycles. The molecule has 7 heteroatoms. The number of carbonyl (C=O) groups excluding carboxylic acids is 1. The van der Waals surface area contributed by atoms with Crippen LogP contribution in [0.1, 0.15) is 23.6 Å². The number of benzene rings is 2. The number of allylic oxidation sites excluding steroid dienone is 3. The first-order valence-corrected chi connectivity index (χ1v) is 11.7. The number of carbonyl (C=O) groups is 1. The topological polar surface area (TPSA) is 23.6 Å². The lowest BCUT2D eigenvalue weighted by atomic mass is 9.98. The Morgan fingerprint density at radius 2 is 1.88 bits per heavy atom. The standard InChI is InChI=1S/C25H24Cl3FN2O/c1-16-2-5-18(6-3-16)24-15-30(25(32)13-17-4-8-22(29)20(27)12-17)10-11-31(24)23-9-7-19(26)14-21(23)28/h2-9,12,14,20,22,24H,10-11,13,15H2,1H3. The molecule has 32 heavy (non-hydrogen) atoms. The smallest absolute Gasteiger partial charge is 0.227 e. The van der Waals surface area contributed by atoms with Crippen molar-refractivity contribution in [3.63, 3.8) is 0 Å². The maximum absolute atomic E-state index is 13.6. The number of rotatable bonds is 4. The third-order valence-electron chi connectivity index (χ3n) is 5.94. The number of nitrogens with zero attached hydrogens (tertiary/aromatic N) is 2. The summed E-state index contributed by atoms with van der Waals surface area (Å²) in [7, 11) is 0. The zero-order valence-corrected chi connectivity index (χ0v) is 19.9. The van der Waals surface area contributed by atoms with Gasteiger partial charge < -0.3 is 9.80 Å². The van der Waals surface area contributed by atoms with Gasteiger partial charge in [-0.15, -0.1) is 11.6 Å². The summed E-state index contributed by atoms with van der Waals surface area (Å²) >= 11 is 18.6. The molecule has 1 fully saturated rings. The summed E-state index contributed by atoms with van der Waals surface area (Å²) in [4.78, 5) is 17.2. The molecule has 0 N–H and O–H groups in total. The lowest BCUT2D eigenvalue weighted by molar-refractivity contribution is -0.131. The van der Waals surface area contributed by atoms with Gasteiger partial charge in [0.05, 0.1) is 28.5 Å². The Morgan fingerprint density at radius 3 is 2.56 bits per heavy atom. The Hall–Kier alpha value is -2.01. The van der Waals surface area contributed by atoms with Gasteiger partial charge in [-0.1, -0.05) is 65.2 Å². The van der Waals surface area contributed by atoms with Crippen LogP contribution in [0.5, 0.6) is 0 Å². The fraction of sp³-hybridized carbons (Fsp3) is 0.320. The molecule has 1 amide bonds. The molecule has 0 aromatic heterocycles. The summed E-state index contributed by atoms with van der Waals surface area (Å²) in [6, 6.07) is 13.8. The van der Waals surface area contributed by atoms with Crippen LogP contribution in [0.15, 0.2) is 66.3 Å². The molecule has 0 spiro atoms. The molecular weight excluding hydrogens is 470 g/mol. The number of hydrogen-bond acceptors (Lipinski definition) is 2. The Balaban J connectivity index is 1.57. The minimum Gasteiger partial charge on any atom is -0.360 e. The highest BCUT2D eigenvalue weighted by atomic mass is 35.5. The van der Waals surface area contributed by atoms with E-state index < -0.39 is 11.5 Å². The van der Waals surface area contributed by atoms with E-state index in [0.29, 0.717) is 29.7 Å². The van der Waals surface area contributed by atoms with Gasteiger partial charge in [-0.3, -0.25) is 4.79 Å². The number of aryl methyl sites for hydroxylation is 1. The second-order valence-electron chi connectivity index (χ2n) is 8.22. The van der Waals surface area contributed by atoms with E-state index in [-0.39, 0.29) is 18.4 Å². The SMILES string of the molecule is Cc1ccc(C2CN(C(=O)CC3=CC(Cl)C(F)C=C3)CCN2c2ccc(Cl)cc2Cl)cc1. The highest BCUT2D eigenvalue weighted by Gasteiger charge is 2.32. The first kappa shape index (κ1) is 23.2. The largest absolute Gasteiger partial charge is 0.360 e. The lowest BCUT2D eigenvalue weighted by Gasteiger charge is -2.43. The molecule has 2 aromatic carbocycles. The van der Waals surface area contributed by atoms with Crippen LogP contribution in [0.4, 0.5) is 10.1 Å². The van der Waals surface area contributed by atoms with Crippen LogP contribution in [0, 0.1) is 6.92 Å². The highest BCUT2D eigenvalue weighted by Crippen LogP contribution is 2.37. The normalized spacial score (nSPS) is 23.3. The van der Waals surface area contributed by atoms with Crippen molar-refractivity contribution in [2.45, 2.75) is 30.9 Å². The minimum absolute atomic E-state index is 0.000963. The van der Waals surface area contributed by atoms with E-state index in [0.717, 1.165) is 16.8 Å². The van der Waals surface area contributed by atoms with Crippen molar-refractivity contribution in [1.29, 1.82) is 0 Å². The predicted octanol–water partition coefficient (Wildman–Crippen LogP) is 6.52. The molecule has 3 atom stereocenters. The summed E-state index contributed by atoms with van der Waals surface area (Å²) in [5.41, 5.74) is 3.92. The number of alkyl halides is 2. The molecule has 3 unspecified atom stereocenters. The van der Waals surface area contributed by atoms with Crippen molar-refractivity contribution in [2.24, 2.45) is 0 Å². The zero-order chi connectivity index (χ0) is 22.8. The van der Waals surface area contributed by atoms with Gasteiger partial charge in [-0.25, -0.2) is 4.39 Å². The van der Waals surface area contributed by atoms with Gasteiger partial charge in [0.2, 0.25) is 5.91 Å². The van der Waals surface area contributed by atoms with Gasteiger partial charge >= 0.3 is 0 Å². The van der Waals surface area contributed by atoms with Crippen molar-refractivity contribution in [2.75, 3.05) is 24.5 Å². The lowest BCUT2D eigenvalue weighted by Crippen LogP contribution is -2.50. The number of amides is 1. The van der Waals surface area contributed by atoms with E-state index in [1.165, 1.54) is 11.6 Å². The Kier molecular flexibility index (Phi) is 7.14. The first-order valence-electron chi connectivity index (χ1n) is 10.5. The molecule has 3 nitrogen and oxygen atoms in total. The van der Waals surface area contributed by atoms with Gasteiger partial charge in [0.25, 0.3) is 0 Å². The van der Waals surface area contributed by atoms with Gasteiger partial charge in [-0.2, -0.15) is 0 Å². The Labute approximate surface area is 203 Å². The second-order valence-corrected chi connectivity index (χ2v) is 9.57. The molecule has 2 aliphatic rings. The molecule has 1 saturated heterocycles. The highest BCUT2D eigenvalue weighted by molar-refractivity contribution is 6.36. The summed E-state index contributed by atoms with van der Waals surface area (Å²) in [6.45, 7) is 3.76. The average molecular weight is 494 g/mol. The van der Waals surface area contributed by atoms with Crippen LogP contribution in [-0.2, 0) is 4.79 Å². The molecule has 1 aliphatic heterocycles. The molecule has 0 bridgehead atoms. The van der Waals surface area contributed by atoms with Crippen LogP contribution in [0.25, 0.3) is 0 Å². The van der Waals surface area contributed by atoms with Gasteiger partial charge in [-0.05, 0) is 42.3 Å². The quantitative estimate of drug-likeness (QED) is 0.452. The van der Waals surface area contributed by atoms with Crippen LogP contribution >= 0.6 is 34.8 Å². The third kappa shape index (κ3) is 5.14. The van der Waals surface area contributed by atoms with E-state index in [1.54, 1.807) is 18.2 Å². The van der Waals surface area contributed by atoms with Gasteiger partial charge in [0.1, 0.15) is 6.17 Å². The molecule has 168 valence electrons. The van der Waals surface area contributed by atoms with E-state index in [4.69, 9.17) is 34.8 Å². The monoisotopic (exact) mass is 492 g/mol. The van der Waals surface area contributed by atoms with Crippen molar-refractivity contribution in [3.05, 3.63) is 87.4 Å². The average Bonchev–Trinajstić information content (AvgIpc) is 2.77. The summed E-state index contributed by atoms with van der Waals surface area (Å²) in [6.07, 6.45) is 3.69. The molecule has 2 aromatic rings. The Bertz CT molecular complexity index is 1050. The van der Waals surface area contributed by atoms with E-state index in [2.05, 4.69) is 29.2 Å². The van der Waals surface area contributed by atoms with E-state index in [1.807, 2.05) is 24.0 Å². The molecule has 4 rings (SSSR count). The summed E-state index contributed by atoms with van der Waals surface area (Å²) < 4.78 is 13.6. The molecule has 1 heterocycles. The van der Waals surface area contributed by atoms with Crippen LogP contribution in [0.2, 0.25) is 10.0 Å². The predicted molar refractivity (Wildman–Crippen MR) is 131 cm³/mol. The minimum atomic E-state index is -1.21. The van der Waals surface area contributed by atoms with Crippen molar-refractivity contribution >= 4 is 46.4 Å². The summed E-state index contributed by atoms with van der Waals surface area (Å²) in [5.74, 6) is 0.000963. The molecule has 0 saturated carbocycles. The van der Waals surface area contributed by atoms with Crippen LogP contribution in [0.3, 0.4) is 0 Å². The van der Waals surface area contributed by atoms with Crippen molar-refractivity contribution < 1.29 is 9.18 Å². The number of piperazine rings is 1. The van der Waals surface area contributed by atoms with Crippen molar-refractivity contribution in [3.8, 4) is 0 Å². The molecular formula is C25H24Cl3FN2O. The fourth-order valence-corrected chi connectivity index (χ4v) is 4.93. The van der Waals surface area contributed by atoms with Gasteiger partial charge in [0.15, 0.2) is 0 Å². The Morgan fingerprint density at radius 1 is 1.12 bits per heavy atom. The maximum atomic E-state index is 13.6. The zero-order valence-electron chi connectivity index (χ0n) is 17.6. The molecule has 0 radical (unpaired) electrons. The summed E-state index contributed by atoms with van der Waals surface area (Å²) in [5, 5.41) is 0.439. The second kappa shape index (κ2) is 9.86. The number of halogens is 4. The van der Waals surface area contributed by atoms with E-state index in [9.17, 15) is 9.18 Å². The van der Waals surface area contributed by atoms with Gasteiger partial charge in [0, 0.05) is 24.7 Å². The number of anilines is 1. The third-order valence-corrected chi connectivity index (χ3v) is 6.85. The van der Waals surface area contributed by atoms with Crippen LogP contribution in [-0.4, -0.2) is 42.0 Å². The first-order chi connectivity index (χ1) is 15.3. The van der Waals surface area contributed by atoms with E-state index >= 15 is 0 Å². The fourth-order valence-electron chi connectivity index (χ4n) is 4.16. The van der Waals surface area contributed by atoms with Crippen LogP contribution < -0.4 is 4.90 Å². The van der Waals surface area contributed by atoms with Crippen molar-refractivity contribution in [1.82, 2.24) is 4.90 Å². The number of hydrogen-bond donors (Lipinski definition) is 0.